The molecule has 3 N–H and O–H groups in total. The van der Waals surface area contributed by atoms with E-state index >= 15 is 0 Å². The summed E-state index contributed by atoms with van der Waals surface area (Å²) < 4.78 is 52.6. The first-order valence-electron chi connectivity index (χ1n) is 12.8. The van der Waals surface area contributed by atoms with Gasteiger partial charge < -0.3 is 19.4 Å². The third-order valence-electron chi connectivity index (χ3n) is 7.26. The molecule has 0 spiro atoms. The van der Waals surface area contributed by atoms with Crippen LogP contribution in [-0.2, 0) is 27.8 Å². The molecule has 4 aromatic rings. The van der Waals surface area contributed by atoms with Crippen molar-refractivity contribution >= 4 is 38.1 Å². The van der Waals surface area contributed by atoms with Gasteiger partial charge in [-0.1, -0.05) is 12.1 Å². The van der Waals surface area contributed by atoms with Crippen molar-refractivity contribution < 1.29 is 17.2 Å². The number of rotatable bonds is 9. The number of anilines is 1. The van der Waals surface area contributed by atoms with Gasteiger partial charge in [-0.05, 0) is 63.4 Å². The van der Waals surface area contributed by atoms with E-state index in [0.717, 1.165) is 51.4 Å². The number of benzene rings is 1. The molecular formula is C26H32N7O4S2-. The second kappa shape index (κ2) is 10.8. The average molecular weight is 571 g/mol. The number of aryl methyl sites for hydroxylation is 2. The van der Waals surface area contributed by atoms with Crippen molar-refractivity contribution in [2.45, 2.75) is 46.7 Å². The van der Waals surface area contributed by atoms with Crippen LogP contribution in [0.2, 0.25) is 0 Å². The molecule has 0 saturated carbocycles. The van der Waals surface area contributed by atoms with Crippen LogP contribution in [0.15, 0.2) is 36.5 Å². The normalized spacial score (nSPS) is 17.2. The fourth-order valence-electron chi connectivity index (χ4n) is 5.18. The molecule has 208 valence electrons. The number of hydrogen-bond donors (Lipinski definition) is 3. The van der Waals surface area contributed by atoms with Gasteiger partial charge in [0, 0.05) is 65.8 Å². The Morgan fingerprint density at radius 1 is 1.21 bits per heavy atom. The number of H-pyrrole nitrogens is 1. The van der Waals surface area contributed by atoms with Gasteiger partial charge in [0.2, 0.25) is 10.0 Å². The molecular weight excluding hydrogens is 538 g/mol. The van der Waals surface area contributed by atoms with Crippen LogP contribution in [0, 0.1) is 20.8 Å². The number of imidazole rings is 1. The molecule has 1 aromatic carbocycles. The molecule has 2 atom stereocenters. The maximum atomic E-state index is 12.3. The van der Waals surface area contributed by atoms with E-state index in [4.69, 9.17) is 4.98 Å². The molecule has 4 heterocycles. The molecule has 0 aliphatic carbocycles. The molecule has 39 heavy (non-hydrogen) atoms. The second-order valence-electron chi connectivity index (χ2n) is 9.83. The number of pyridine rings is 1. The lowest BCUT2D eigenvalue weighted by Gasteiger charge is -2.17. The van der Waals surface area contributed by atoms with Gasteiger partial charge in [-0.25, -0.2) is 23.1 Å². The second-order valence-corrected chi connectivity index (χ2v) is 12.8. The molecule has 11 nitrogen and oxygen atoms in total. The summed E-state index contributed by atoms with van der Waals surface area (Å²) in [5.41, 5.74) is 7.99. The number of nitrogens with zero attached hydrogens (tertiary/aromatic N) is 4. The van der Waals surface area contributed by atoms with Crippen LogP contribution in [0.25, 0.3) is 28.2 Å². The zero-order chi connectivity index (χ0) is 27.9. The van der Waals surface area contributed by atoms with E-state index in [2.05, 4.69) is 30.6 Å². The van der Waals surface area contributed by atoms with Crippen LogP contribution in [-0.4, -0.2) is 65.9 Å². The van der Waals surface area contributed by atoms with Crippen molar-refractivity contribution in [3.8, 4) is 17.1 Å². The molecule has 3 aromatic heterocycles. The highest BCUT2D eigenvalue weighted by molar-refractivity contribution is 7.89. The number of aromatic nitrogens is 4. The Kier molecular flexibility index (Phi) is 7.62. The summed E-state index contributed by atoms with van der Waals surface area (Å²) in [6, 6.07) is 9.83. The third kappa shape index (κ3) is 5.50. The predicted octanol–water partition coefficient (Wildman–Crippen LogP) is 3.06. The highest BCUT2D eigenvalue weighted by Gasteiger charge is 2.30. The number of hydrogen-bond acceptors (Lipinski definition) is 7. The van der Waals surface area contributed by atoms with Gasteiger partial charge in [0.05, 0.1) is 11.4 Å². The topological polar surface area (TPSA) is 148 Å². The molecule has 5 rings (SSSR count). The predicted molar refractivity (Wildman–Crippen MR) is 152 cm³/mol. The number of nitrogens with one attached hydrogen (secondary N) is 3. The van der Waals surface area contributed by atoms with E-state index < -0.39 is 21.3 Å². The highest BCUT2D eigenvalue weighted by Crippen LogP contribution is 2.32. The third-order valence-corrected chi connectivity index (χ3v) is 9.48. The van der Waals surface area contributed by atoms with Gasteiger partial charge >= 0.3 is 0 Å². The van der Waals surface area contributed by atoms with Crippen molar-refractivity contribution in [2.24, 2.45) is 0 Å². The fraction of sp³-hybridized carbons (Fsp3) is 0.385. The van der Waals surface area contributed by atoms with Crippen LogP contribution in [0.3, 0.4) is 0 Å². The Morgan fingerprint density at radius 2 is 2.00 bits per heavy atom. The van der Waals surface area contributed by atoms with E-state index in [0.29, 0.717) is 24.6 Å². The molecule has 1 unspecified atom stereocenters. The van der Waals surface area contributed by atoms with Crippen molar-refractivity contribution in [1.82, 2.24) is 28.5 Å². The molecule has 13 heteroatoms. The lowest BCUT2D eigenvalue weighted by molar-refractivity contribution is 0.476. The van der Waals surface area contributed by atoms with Gasteiger partial charge in [0.1, 0.15) is 11.3 Å². The van der Waals surface area contributed by atoms with E-state index in [1.54, 1.807) is 17.4 Å². The zero-order valence-corrected chi connectivity index (χ0v) is 23.9. The van der Waals surface area contributed by atoms with Crippen molar-refractivity contribution in [3.63, 3.8) is 0 Å². The summed E-state index contributed by atoms with van der Waals surface area (Å²) in [6.45, 7) is 8.89. The quantitative estimate of drug-likeness (QED) is 0.262. The lowest BCUT2D eigenvalue weighted by Crippen LogP contribution is -2.32. The molecule has 1 fully saturated rings. The van der Waals surface area contributed by atoms with Crippen LogP contribution in [0.1, 0.15) is 35.9 Å². The molecule has 0 bridgehead atoms. The minimum atomic E-state index is -3.21. The average Bonchev–Trinajstić information content (AvgIpc) is 3.62. The Labute approximate surface area is 230 Å². The first-order valence-corrected chi connectivity index (χ1v) is 15.5. The lowest BCUT2D eigenvalue weighted by atomic mass is 10.1. The smallest absolute Gasteiger partial charge is 0.213 e. The monoisotopic (exact) mass is 570 g/mol. The van der Waals surface area contributed by atoms with E-state index in [1.165, 1.54) is 0 Å². The minimum Gasteiger partial charge on any atom is -0.760 e. The molecule has 0 amide bonds. The van der Waals surface area contributed by atoms with E-state index in [-0.39, 0.29) is 18.3 Å². The van der Waals surface area contributed by atoms with Crippen LogP contribution in [0.5, 0.6) is 0 Å². The summed E-state index contributed by atoms with van der Waals surface area (Å²) >= 11 is -2.33. The zero-order valence-electron chi connectivity index (χ0n) is 22.3. The number of fused-ring (bicyclic) bond motifs is 1. The SMILES string of the molecule is CCS(=O)(=O)N1CC[C@H](Nc2ccnc3nc(-c4cc(C)n(-c5cc(CNS(=O)[O-])ccc5C)c4C)[nH]c23)C1. The largest absolute Gasteiger partial charge is 0.760 e. The standard InChI is InChI=1S/C26H33N7O4S2/c1-5-39(36,37)32-11-9-20(15-32)29-22-8-10-27-26-24(22)30-25(31-26)21-12-17(3)33(18(21)4)23-13-19(7-6-16(23)2)14-28-38(34)35/h6-8,10,12-13,20,28H,5,9,11,14-15H2,1-4H3,(H,34,35)(H2,27,29,30,31)/p-1/t20-/m0/s1. The van der Waals surface area contributed by atoms with Crippen LogP contribution >= 0.6 is 0 Å². The van der Waals surface area contributed by atoms with Crippen molar-refractivity contribution in [3.05, 3.63) is 59.0 Å². The first-order chi connectivity index (χ1) is 18.6. The minimum absolute atomic E-state index is 0.00229. The summed E-state index contributed by atoms with van der Waals surface area (Å²) in [4.78, 5) is 12.7. The molecule has 0 radical (unpaired) electrons. The Balaban J connectivity index is 1.45. The molecule has 1 saturated heterocycles. The van der Waals surface area contributed by atoms with Gasteiger partial charge in [-0.3, -0.25) is 4.21 Å². The maximum absolute atomic E-state index is 12.3. The Morgan fingerprint density at radius 3 is 2.74 bits per heavy atom. The summed E-state index contributed by atoms with van der Waals surface area (Å²) in [5.74, 6) is 0.786. The fourth-order valence-corrected chi connectivity index (χ4v) is 6.62. The molecule has 1 aliphatic heterocycles. The van der Waals surface area contributed by atoms with Crippen LogP contribution in [0.4, 0.5) is 5.69 Å². The Hall–Kier alpha value is -3.10. The van der Waals surface area contributed by atoms with Gasteiger partial charge in [-0.2, -0.15) is 4.31 Å². The van der Waals surface area contributed by atoms with E-state index in [9.17, 15) is 17.2 Å². The Bertz CT molecular complexity index is 1660. The van der Waals surface area contributed by atoms with Crippen molar-refractivity contribution in [2.75, 3.05) is 24.2 Å². The van der Waals surface area contributed by atoms with Crippen LogP contribution < -0.4 is 10.0 Å². The first kappa shape index (κ1) is 27.5. The summed E-state index contributed by atoms with van der Waals surface area (Å²) in [7, 11) is -3.21. The maximum Gasteiger partial charge on any atom is 0.213 e. The van der Waals surface area contributed by atoms with Gasteiger partial charge in [0.15, 0.2) is 5.65 Å². The van der Waals surface area contributed by atoms with Gasteiger partial charge in [-0.15, -0.1) is 0 Å². The highest BCUT2D eigenvalue weighted by atomic mass is 32.2. The molecule has 1 aliphatic rings. The summed E-state index contributed by atoms with van der Waals surface area (Å²) in [6.07, 6.45) is 2.43. The number of aromatic amines is 1. The van der Waals surface area contributed by atoms with E-state index in [1.807, 2.05) is 45.0 Å². The van der Waals surface area contributed by atoms with Gasteiger partial charge in [0.25, 0.3) is 0 Å². The summed E-state index contributed by atoms with van der Waals surface area (Å²) in [5, 5.41) is 3.49. The van der Waals surface area contributed by atoms with Crippen molar-refractivity contribution in [1.29, 1.82) is 0 Å². The number of sulfonamides is 1.